The summed E-state index contributed by atoms with van der Waals surface area (Å²) in [5.74, 6) is 1.64. The van der Waals surface area contributed by atoms with E-state index in [2.05, 4.69) is 18.7 Å². The molecule has 0 aromatic heterocycles. The van der Waals surface area contributed by atoms with Gasteiger partial charge >= 0.3 is 0 Å². The lowest BCUT2D eigenvalue weighted by Crippen LogP contribution is -1.99. The van der Waals surface area contributed by atoms with Gasteiger partial charge in [0.05, 0.1) is 6.61 Å². The highest BCUT2D eigenvalue weighted by atomic mass is 16.5. The summed E-state index contributed by atoms with van der Waals surface area (Å²) in [4.78, 5) is 0. The third-order valence-electron chi connectivity index (χ3n) is 2.52. The highest BCUT2D eigenvalue weighted by molar-refractivity contribution is 5.39. The Morgan fingerprint density at radius 2 is 2.31 bits per heavy atom. The molecule has 1 unspecified atom stereocenters. The molecular weight excluding hydrogens is 160 g/mol. The van der Waals surface area contributed by atoms with Crippen molar-refractivity contribution in [2.24, 2.45) is 0 Å². The first-order valence-electron chi connectivity index (χ1n) is 4.74. The van der Waals surface area contributed by atoms with E-state index in [4.69, 9.17) is 4.74 Å². The van der Waals surface area contributed by atoms with E-state index in [1.54, 1.807) is 0 Å². The Morgan fingerprint density at radius 1 is 1.46 bits per heavy atom. The maximum atomic E-state index is 5.57. The van der Waals surface area contributed by atoms with Crippen molar-refractivity contribution in [3.63, 3.8) is 0 Å². The Kier molecular flexibility index (Phi) is 2.35. The number of ether oxygens (including phenoxy) is 1. The van der Waals surface area contributed by atoms with Crippen molar-refractivity contribution in [3.8, 4) is 5.75 Å². The van der Waals surface area contributed by atoms with Gasteiger partial charge in [0.1, 0.15) is 5.75 Å². The molecule has 1 atom stereocenters. The predicted molar refractivity (Wildman–Crippen MR) is 54.1 cm³/mol. The molecule has 1 heterocycles. The predicted octanol–water partition coefficient (Wildman–Crippen LogP) is 3.13. The highest BCUT2D eigenvalue weighted by Crippen LogP contribution is 2.35. The fourth-order valence-corrected chi connectivity index (χ4v) is 1.79. The summed E-state index contributed by atoms with van der Waals surface area (Å²) in [5, 5.41) is 0. The van der Waals surface area contributed by atoms with Crippen molar-refractivity contribution in [1.82, 2.24) is 0 Å². The monoisotopic (exact) mass is 174 g/mol. The van der Waals surface area contributed by atoms with Crippen LogP contribution in [-0.2, 0) is 0 Å². The van der Waals surface area contributed by atoms with Crippen molar-refractivity contribution in [2.45, 2.75) is 18.8 Å². The fourth-order valence-electron chi connectivity index (χ4n) is 1.79. The molecular formula is C12H14O. The molecule has 1 aromatic rings. The van der Waals surface area contributed by atoms with Crippen molar-refractivity contribution in [2.75, 3.05) is 6.61 Å². The summed E-state index contributed by atoms with van der Waals surface area (Å²) in [6.07, 6.45) is 4.20. The van der Waals surface area contributed by atoms with Crippen molar-refractivity contribution in [3.05, 3.63) is 42.5 Å². The largest absolute Gasteiger partial charge is 0.493 e. The van der Waals surface area contributed by atoms with Crippen molar-refractivity contribution < 1.29 is 4.74 Å². The van der Waals surface area contributed by atoms with Crippen LogP contribution in [0.25, 0.3) is 0 Å². The third-order valence-corrected chi connectivity index (χ3v) is 2.52. The molecule has 13 heavy (non-hydrogen) atoms. The lowest BCUT2D eigenvalue weighted by Gasteiger charge is -2.05. The molecule has 0 radical (unpaired) electrons. The summed E-state index contributed by atoms with van der Waals surface area (Å²) in [6, 6.07) is 8.31. The number of para-hydroxylation sites is 1. The standard InChI is InChI=1S/C12H14O/c1-2-3-6-10-9-13-12-8-5-4-7-11(10)12/h2,4-5,7-8,10H,1,3,6,9H2. The minimum atomic E-state index is 0.578. The Bertz CT molecular complexity index is 304. The zero-order valence-corrected chi connectivity index (χ0v) is 7.70. The van der Waals surface area contributed by atoms with Gasteiger partial charge in [0.15, 0.2) is 0 Å². The minimum absolute atomic E-state index is 0.578. The topological polar surface area (TPSA) is 9.23 Å². The molecule has 1 heteroatoms. The molecule has 0 fully saturated rings. The first kappa shape index (κ1) is 8.36. The van der Waals surface area contributed by atoms with Crippen LogP contribution in [0.3, 0.4) is 0 Å². The minimum Gasteiger partial charge on any atom is -0.493 e. The molecule has 1 aliphatic heterocycles. The van der Waals surface area contributed by atoms with E-state index >= 15 is 0 Å². The molecule has 0 amide bonds. The van der Waals surface area contributed by atoms with Gasteiger partial charge in [-0.3, -0.25) is 0 Å². The zero-order chi connectivity index (χ0) is 9.10. The molecule has 68 valence electrons. The van der Waals surface area contributed by atoms with Gasteiger partial charge in [0.25, 0.3) is 0 Å². The van der Waals surface area contributed by atoms with E-state index < -0.39 is 0 Å². The third kappa shape index (κ3) is 1.59. The van der Waals surface area contributed by atoms with Gasteiger partial charge in [0, 0.05) is 11.5 Å². The smallest absolute Gasteiger partial charge is 0.122 e. The van der Waals surface area contributed by atoms with E-state index in [0.717, 1.165) is 25.2 Å². The number of hydrogen-bond donors (Lipinski definition) is 0. The lowest BCUT2D eigenvalue weighted by molar-refractivity contribution is 0.326. The molecule has 1 nitrogen and oxygen atoms in total. The maximum Gasteiger partial charge on any atom is 0.122 e. The van der Waals surface area contributed by atoms with Gasteiger partial charge in [-0.05, 0) is 18.9 Å². The molecule has 1 aromatic carbocycles. The SMILES string of the molecule is C=CCCC1COc2ccccc21. The van der Waals surface area contributed by atoms with E-state index in [0.29, 0.717) is 5.92 Å². The van der Waals surface area contributed by atoms with Gasteiger partial charge in [0.2, 0.25) is 0 Å². The number of benzene rings is 1. The average molecular weight is 174 g/mol. The molecule has 0 bridgehead atoms. The van der Waals surface area contributed by atoms with Gasteiger partial charge in [-0.25, -0.2) is 0 Å². The van der Waals surface area contributed by atoms with Crippen LogP contribution in [0.5, 0.6) is 5.75 Å². The molecule has 0 saturated heterocycles. The van der Waals surface area contributed by atoms with E-state index in [1.807, 2.05) is 18.2 Å². The second-order valence-electron chi connectivity index (χ2n) is 3.41. The average Bonchev–Trinajstić information content (AvgIpc) is 2.58. The van der Waals surface area contributed by atoms with Crippen LogP contribution < -0.4 is 4.74 Å². The number of hydrogen-bond acceptors (Lipinski definition) is 1. The highest BCUT2D eigenvalue weighted by Gasteiger charge is 2.22. The Morgan fingerprint density at radius 3 is 3.15 bits per heavy atom. The van der Waals surface area contributed by atoms with Crippen LogP contribution in [0, 0.1) is 0 Å². The fraction of sp³-hybridized carbons (Fsp3) is 0.333. The Labute approximate surface area is 79.0 Å². The van der Waals surface area contributed by atoms with Crippen molar-refractivity contribution >= 4 is 0 Å². The van der Waals surface area contributed by atoms with Gasteiger partial charge in [-0.2, -0.15) is 0 Å². The molecule has 1 aliphatic rings. The van der Waals surface area contributed by atoms with Crippen LogP contribution in [-0.4, -0.2) is 6.61 Å². The van der Waals surface area contributed by atoms with Gasteiger partial charge in [-0.15, -0.1) is 6.58 Å². The summed E-state index contributed by atoms with van der Waals surface area (Å²) < 4.78 is 5.57. The molecule has 0 saturated carbocycles. The van der Waals surface area contributed by atoms with E-state index in [9.17, 15) is 0 Å². The number of fused-ring (bicyclic) bond motifs is 1. The van der Waals surface area contributed by atoms with E-state index in [-0.39, 0.29) is 0 Å². The van der Waals surface area contributed by atoms with Gasteiger partial charge < -0.3 is 4.74 Å². The number of rotatable bonds is 3. The Hall–Kier alpha value is -1.24. The van der Waals surface area contributed by atoms with Crippen LogP contribution in [0.15, 0.2) is 36.9 Å². The van der Waals surface area contributed by atoms with Crippen LogP contribution in [0.1, 0.15) is 24.3 Å². The van der Waals surface area contributed by atoms with Crippen molar-refractivity contribution in [1.29, 1.82) is 0 Å². The van der Waals surface area contributed by atoms with Crippen LogP contribution in [0.2, 0.25) is 0 Å². The quantitative estimate of drug-likeness (QED) is 0.640. The first-order chi connectivity index (χ1) is 6.42. The second-order valence-corrected chi connectivity index (χ2v) is 3.41. The Balaban J connectivity index is 2.13. The maximum absolute atomic E-state index is 5.57. The van der Waals surface area contributed by atoms with Crippen LogP contribution >= 0.6 is 0 Å². The molecule has 0 aliphatic carbocycles. The molecule has 2 rings (SSSR count). The molecule has 0 spiro atoms. The number of allylic oxidation sites excluding steroid dienone is 1. The van der Waals surface area contributed by atoms with Gasteiger partial charge in [-0.1, -0.05) is 24.3 Å². The first-order valence-corrected chi connectivity index (χ1v) is 4.74. The van der Waals surface area contributed by atoms with E-state index in [1.165, 1.54) is 5.56 Å². The summed E-state index contributed by atoms with van der Waals surface area (Å²) in [5.41, 5.74) is 1.37. The normalized spacial score (nSPS) is 19.2. The lowest BCUT2D eigenvalue weighted by atomic mass is 9.96. The summed E-state index contributed by atoms with van der Waals surface area (Å²) in [6.45, 7) is 4.58. The second kappa shape index (κ2) is 3.65. The van der Waals surface area contributed by atoms with Crippen LogP contribution in [0.4, 0.5) is 0 Å². The summed E-state index contributed by atoms with van der Waals surface area (Å²) in [7, 11) is 0. The molecule has 0 N–H and O–H groups in total. The zero-order valence-electron chi connectivity index (χ0n) is 7.70. The summed E-state index contributed by atoms with van der Waals surface area (Å²) >= 11 is 0.